The molecule has 23 heavy (non-hydrogen) atoms. The maximum atomic E-state index is 10.1. The monoisotopic (exact) mass is 314 g/mol. The number of aliphatic hydroxyl groups excluding tert-OH is 1. The van der Waals surface area contributed by atoms with E-state index in [1.54, 1.807) is 0 Å². The number of para-hydroxylation sites is 1. The van der Waals surface area contributed by atoms with Crippen molar-refractivity contribution in [3.8, 4) is 5.75 Å². The van der Waals surface area contributed by atoms with Gasteiger partial charge in [0.15, 0.2) is 0 Å². The summed E-state index contributed by atoms with van der Waals surface area (Å²) >= 11 is 0. The molecule has 2 N–H and O–H groups in total. The predicted octanol–water partition coefficient (Wildman–Crippen LogP) is 3.12. The normalized spacial score (nSPS) is 13.8. The van der Waals surface area contributed by atoms with Gasteiger partial charge in [0.1, 0.15) is 18.5 Å². The first kappa shape index (κ1) is 17.4. The molecule has 0 radical (unpaired) electrons. The number of pyridine rings is 1. The average Bonchev–Trinajstić information content (AvgIpc) is 2.55. The lowest BCUT2D eigenvalue weighted by atomic mass is 9.97. The van der Waals surface area contributed by atoms with Crippen LogP contribution >= 0.6 is 0 Å². The van der Waals surface area contributed by atoms with Gasteiger partial charge in [0.05, 0.1) is 11.7 Å². The molecular weight excluding hydrogens is 288 g/mol. The van der Waals surface area contributed by atoms with Crippen LogP contribution in [0.1, 0.15) is 31.1 Å². The van der Waals surface area contributed by atoms with Crippen LogP contribution in [0.4, 0.5) is 0 Å². The second kappa shape index (κ2) is 8.65. The van der Waals surface area contributed by atoms with Gasteiger partial charge in [-0.15, -0.1) is 0 Å². The molecular formula is C19H26N2O2. The first-order valence-corrected chi connectivity index (χ1v) is 8.08. The van der Waals surface area contributed by atoms with Crippen molar-refractivity contribution in [3.05, 3.63) is 59.9 Å². The number of ether oxygens (including phenoxy) is 1. The van der Waals surface area contributed by atoms with Crippen molar-refractivity contribution in [2.45, 2.75) is 32.9 Å². The van der Waals surface area contributed by atoms with Crippen LogP contribution < -0.4 is 10.1 Å². The first-order valence-electron chi connectivity index (χ1n) is 8.08. The Balaban J connectivity index is 1.88. The Labute approximate surface area is 138 Å². The highest BCUT2D eigenvalue weighted by molar-refractivity contribution is 5.22. The van der Waals surface area contributed by atoms with Crippen LogP contribution in [0.5, 0.6) is 5.75 Å². The molecule has 0 aliphatic carbocycles. The van der Waals surface area contributed by atoms with Crippen molar-refractivity contribution in [2.24, 2.45) is 5.92 Å². The summed E-state index contributed by atoms with van der Waals surface area (Å²) in [5.41, 5.74) is 2.20. The van der Waals surface area contributed by atoms with Crippen molar-refractivity contribution in [1.29, 1.82) is 0 Å². The number of hydrogen-bond donors (Lipinski definition) is 2. The summed E-state index contributed by atoms with van der Waals surface area (Å²) in [4.78, 5) is 4.50. The van der Waals surface area contributed by atoms with Gasteiger partial charge in [-0.2, -0.15) is 0 Å². The number of hydrogen-bond acceptors (Lipinski definition) is 4. The lowest BCUT2D eigenvalue weighted by Crippen LogP contribution is -2.36. The minimum Gasteiger partial charge on any atom is -0.491 e. The Bertz CT molecular complexity index is 587. The minimum absolute atomic E-state index is 0.113. The van der Waals surface area contributed by atoms with Gasteiger partial charge in [-0.1, -0.05) is 38.1 Å². The molecule has 2 aromatic rings. The molecule has 1 aromatic carbocycles. The Kier molecular flexibility index (Phi) is 6.56. The van der Waals surface area contributed by atoms with E-state index in [-0.39, 0.29) is 12.6 Å². The van der Waals surface area contributed by atoms with E-state index in [0.29, 0.717) is 12.5 Å². The third-order valence-electron chi connectivity index (χ3n) is 3.77. The van der Waals surface area contributed by atoms with Crippen LogP contribution in [0.15, 0.2) is 48.7 Å². The van der Waals surface area contributed by atoms with Crippen molar-refractivity contribution in [1.82, 2.24) is 10.3 Å². The van der Waals surface area contributed by atoms with E-state index in [2.05, 4.69) is 37.1 Å². The topological polar surface area (TPSA) is 54.4 Å². The number of rotatable bonds is 8. The van der Waals surface area contributed by atoms with Crippen molar-refractivity contribution in [2.75, 3.05) is 13.2 Å². The number of nitrogens with one attached hydrogen (secondary N) is 1. The molecule has 0 saturated carbocycles. The molecule has 2 unspecified atom stereocenters. The highest BCUT2D eigenvalue weighted by Gasteiger charge is 2.19. The lowest BCUT2D eigenvalue weighted by molar-refractivity contribution is 0.101. The zero-order chi connectivity index (χ0) is 16.7. The second-order valence-corrected chi connectivity index (χ2v) is 6.11. The molecule has 2 rings (SSSR count). The molecule has 1 heterocycles. The SMILES string of the molecule is Cc1cccnc1C(NCC(O)COc1ccccc1)C(C)C. The smallest absolute Gasteiger partial charge is 0.119 e. The highest BCUT2D eigenvalue weighted by atomic mass is 16.5. The lowest BCUT2D eigenvalue weighted by Gasteiger charge is -2.25. The maximum absolute atomic E-state index is 10.1. The summed E-state index contributed by atoms with van der Waals surface area (Å²) in [6.45, 7) is 7.10. The molecule has 0 fully saturated rings. The molecule has 0 amide bonds. The van der Waals surface area contributed by atoms with Gasteiger partial charge in [0.2, 0.25) is 0 Å². The van der Waals surface area contributed by atoms with E-state index in [1.165, 1.54) is 0 Å². The molecule has 0 spiro atoms. The largest absolute Gasteiger partial charge is 0.491 e. The molecule has 124 valence electrons. The number of benzene rings is 1. The van der Waals surface area contributed by atoms with E-state index in [1.807, 2.05) is 42.6 Å². The highest BCUT2D eigenvalue weighted by Crippen LogP contribution is 2.22. The Hall–Kier alpha value is -1.91. The van der Waals surface area contributed by atoms with Crippen LogP contribution in [0.2, 0.25) is 0 Å². The maximum Gasteiger partial charge on any atom is 0.119 e. The number of nitrogens with zero attached hydrogens (tertiary/aromatic N) is 1. The second-order valence-electron chi connectivity index (χ2n) is 6.11. The summed E-state index contributed by atoms with van der Waals surface area (Å²) in [5, 5.41) is 13.6. The number of aromatic nitrogens is 1. The van der Waals surface area contributed by atoms with Gasteiger partial charge in [-0.3, -0.25) is 4.98 Å². The molecule has 0 aliphatic heterocycles. The first-order chi connectivity index (χ1) is 11.1. The molecule has 1 aromatic heterocycles. The summed E-state index contributed by atoms with van der Waals surface area (Å²) in [6, 6.07) is 13.7. The van der Waals surface area contributed by atoms with E-state index in [4.69, 9.17) is 4.74 Å². The Morgan fingerprint density at radius 1 is 1.13 bits per heavy atom. The fourth-order valence-electron chi connectivity index (χ4n) is 2.50. The standard InChI is InChI=1S/C19H26N2O2/c1-14(2)18(19-15(3)8-7-11-20-19)21-12-16(22)13-23-17-9-5-4-6-10-17/h4-11,14,16,18,21-22H,12-13H2,1-3H3. The summed E-state index contributed by atoms with van der Waals surface area (Å²) in [7, 11) is 0. The number of aryl methyl sites for hydroxylation is 1. The van der Waals surface area contributed by atoms with E-state index in [0.717, 1.165) is 17.0 Å². The van der Waals surface area contributed by atoms with Gasteiger partial charge >= 0.3 is 0 Å². The minimum atomic E-state index is -0.569. The van der Waals surface area contributed by atoms with Gasteiger partial charge in [-0.05, 0) is 36.6 Å². The Morgan fingerprint density at radius 3 is 2.52 bits per heavy atom. The third-order valence-corrected chi connectivity index (χ3v) is 3.77. The predicted molar refractivity (Wildman–Crippen MR) is 92.5 cm³/mol. The van der Waals surface area contributed by atoms with Crippen LogP contribution in [0.25, 0.3) is 0 Å². The van der Waals surface area contributed by atoms with Crippen molar-refractivity contribution >= 4 is 0 Å². The summed E-state index contributed by atoms with van der Waals surface area (Å²) in [5.74, 6) is 1.15. The molecule has 0 saturated heterocycles. The molecule has 0 bridgehead atoms. The van der Waals surface area contributed by atoms with Crippen LogP contribution in [-0.2, 0) is 0 Å². The van der Waals surface area contributed by atoms with Crippen LogP contribution in [0.3, 0.4) is 0 Å². The van der Waals surface area contributed by atoms with Crippen molar-refractivity contribution < 1.29 is 9.84 Å². The zero-order valence-corrected chi connectivity index (χ0v) is 14.1. The fraction of sp³-hybridized carbons (Fsp3) is 0.421. The van der Waals surface area contributed by atoms with Crippen molar-refractivity contribution in [3.63, 3.8) is 0 Å². The quantitative estimate of drug-likeness (QED) is 0.786. The molecule has 2 atom stereocenters. The zero-order valence-electron chi connectivity index (χ0n) is 14.1. The van der Waals surface area contributed by atoms with Crippen LogP contribution in [-0.4, -0.2) is 29.3 Å². The van der Waals surface area contributed by atoms with Gasteiger partial charge in [-0.25, -0.2) is 0 Å². The average molecular weight is 314 g/mol. The Morgan fingerprint density at radius 2 is 1.87 bits per heavy atom. The summed E-state index contributed by atoms with van der Waals surface area (Å²) in [6.07, 6.45) is 1.24. The number of aliphatic hydroxyl groups is 1. The molecule has 4 heteroatoms. The fourth-order valence-corrected chi connectivity index (χ4v) is 2.50. The van der Waals surface area contributed by atoms with E-state index < -0.39 is 6.10 Å². The molecule has 4 nitrogen and oxygen atoms in total. The van der Waals surface area contributed by atoms with Crippen LogP contribution in [0, 0.1) is 12.8 Å². The van der Waals surface area contributed by atoms with E-state index >= 15 is 0 Å². The van der Waals surface area contributed by atoms with Gasteiger partial charge in [0.25, 0.3) is 0 Å². The van der Waals surface area contributed by atoms with Gasteiger partial charge < -0.3 is 15.2 Å². The van der Waals surface area contributed by atoms with Gasteiger partial charge in [0, 0.05) is 12.7 Å². The molecule has 0 aliphatic rings. The third kappa shape index (κ3) is 5.34. The summed E-state index contributed by atoms with van der Waals surface area (Å²) < 4.78 is 5.58. The van der Waals surface area contributed by atoms with E-state index in [9.17, 15) is 5.11 Å².